The first-order valence-electron chi connectivity index (χ1n) is 6.35. The minimum Gasteiger partial charge on any atom is -0.478 e. The molecular formula is C14H16N2O4. The number of hydrogen-bond donors (Lipinski definition) is 1. The fourth-order valence-corrected chi connectivity index (χ4v) is 2.10. The molecule has 0 aromatic heterocycles. The Labute approximate surface area is 116 Å². The highest BCUT2D eigenvalue weighted by Gasteiger charge is 2.23. The number of aromatic carboxylic acids is 1. The molecule has 106 valence electrons. The van der Waals surface area contributed by atoms with E-state index >= 15 is 0 Å². The van der Waals surface area contributed by atoms with E-state index in [-0.39, 0.29) is 23.9 Å². The van der Waals surface area contributed by atoms with E-state index in [1.165, 1.54) is 29.2 Å². The van der Waals surface area contributed by atoms with Gasteiger partial charge in [-0.2, -0.15) is 0 Å². The number of hydrogen-bond acceptors (Lipinski definition) is 3. The Balaban J connectivity index is 2.14. The first-order chi connectivity index (χ1) is 9.49. The third-order valence-electron chi connectivity index (χ3n) is 3.34. The Hall–Kier alpha value is -2.37. The SMILES string of the molecule is CN1CCCN(C(=O)c2ccc(C(=O)O)cc2)CC1=O. The molecule has 6 heteroatoms. The van der Waals surface area contributed by atoms with Gasteiger partial charge < -0.3 is 14.9 Å². The van der Waals surface area contributed by atoms with E-state index < -0.39 is 5.97 Å². The van der Waals surface area contributed by atoms with E-state index in [1.807, 2.05) is 0 Å². The van der Waals surface area contributed by atoms with Crippen LogP contribution in [-0.2, 0) is 4.79 Å². The van der Waals surface area contributed by atoms with Crippen LogP contribution < -0.4 is 0 Å². The van der Waals surface area contributed by atoms with Gasteiger partial charge in [0.15, 0.2) is 0 Å². The molecule has 1 aliphatic rings. The molecule has 2 amide bonds. The van der Waals surface area contributed by atoms with E-state index in [4.69, 9.17) is 5.11 Å². The minimum atomic E-state index is -1.03. The van der Waals surface area contributed by atoms with Crippen LogP contribution in [0.25, 0.3) is 0 Å². The van der Waals surface area contributed by atoms with Crippen molar-refractivity contribution < 1.29 is 19.5 Å². The van der Waals surface area contributed by atoms with E-state index in [0.717, 1.165) is 6.42 Å². The van der Waals surface area contributed by atoms with Crippen molar-refractivity contribution in [2.24, 2.45) is 0 Å². The zero-order valence-corrected chi connectivity index (χ0v) is 11.2. The molecule has 1 saturated heterocycles. The molecule has 0 atom stereocenters. The standard InChI is InChI=1S/C14H16N2O4/c1-15-7-2-8-16(9-12(15)17)13(18)10-3-5-11(6-4-10)14(19)20/h3-6H,2,7-9H2,1H3,(H,19,20). The average Bonchev–Trinajstić information content (AvgIpc) is 2.60. The first kappa shape index (κ1) is 14.0. The van der Waals surface area contributed by atoms with Crippen molar-refractivity contribution in [2.75, 3.05) is 26.7 Å². The zero-order chi connectivity index (χ0) is 14.7. The number of amides is 2. The van der Waals surface area contributed by atoms with Gasteiger partial charge in [-0.3, -0.25) is 9.59 Å². The van der Waals surface area contributed by atoms with Gasteiger partial charge in [0.05, 0.1) is 5.56 Å². The molecule has 2 rings (SSSR count). The summed E-state index contributed by atoms with van der Waals surface area (Å²) in [6.45, 7) is 1.23. The monoisotopic (exact) mass is 276 g/mol. The highest BCUT2D eigenvalue weighted by Crippen LogP contribution is 2.11. The molecular weight excluding hydrogens is 260 g/mol. The molecule has 1 heterocycles. The molecule has 0 spiro atoms. The Morgan fingerprint density at radius 2 is 1.70 bits per heavy atom. The van der Waals surface area contributed by atoms with Crippen LogP contribution in [0, 0.1) is 0 Å². The van der Waals surface area contributed by atoms with Gasteiger partial charge in [-0.15, -0.1) is 0 Å². The van der Waals surface area contributed by atoms with Gasteiger partial charge in [-0.25, -0.2) is 4.79 Å². The van der Waals surface area contributed by atoms with Crippen LogP contribution in [0.4, 0.5) is 0 Å². The lowest BCUT2D eigenvalue weighted by Gasteiger charge is -2.19. The number of carbonyl (C=O) groups is 3. The lowest BCUT2D eigenvalue weighted by atomic mass is 10.1. The molecule has 20 heavy (non-hydrogen) atoms. The summed E-state index contributed by atoms with van der Waals surface area (Å²) in [5, 5.41) is 8.82. The van der Waals surface area contributed by atoms with Crippen molar-refractivity contribution in [3.05, 3.63) is 35.4 Å². The molecule has 0 radical (unpaired) electrons. The van der Waals surface area contributed by atoms with Crippen LogP contribution in [0.1, 0.15) is 27.1 Å². The number of carboxylic acid groups (broad SMARTS) is 1. The van der Waals surface area contributed by atoms with Crippen LogP contribution >= 0.6 is 0 Å². The van der Waals surface area contributed by atoms with Crippen LogP contribution in [0.15, 0.2) is 24.3 Å². The molecule has 1 aromatic carbocycles. The third-order valence-corrected chi connectivity index (χ3v) is 3.34. The maximum absolute atomic E-state index is 12.3. The predicted molar refractivity (Wildman–Crippen MR) is 71.6 cm³/mol. The molecule has 0 unspecified atom stereocenters. The van der Waals surface area contributed by atoms with Crippen molar-refractivity contribution in [1.82, 2.24) is 9.80 Å². The number of carboxylic acids is 1. The maximum atomic E-state index is 12.3. The second kappa shape index (κ2) is 5.73. The summed E-state index contributed by atoms with van der Waals surface area (Å²) < 4.78 is 0. The van der Waals surface area contributed by atoms with Crippen LogP contribution in [-0.4, -0.2) is 59.4 Å². The molecule has 0 bridgehead atoms. The fourth-order valence-electron chi connectivity index (χ4n) is 2.10. The predicted octanol–water partition coefficient (Wildman–Crippen LogP) is 0.689. The third kappa shape index (κ3) is 2.96. The van der Waals surface area contributed by atoms with Gasteiger partial charge in [0.25, 0.3) is 5.91 Å². The lowest BCUT2D eigenvalue weighted by Crippen LogP contribution is -2.38. The van der Waals surface area contributed by atoms with Gasteiger partial charge in [-0.1, -0.05) is 0 Å². The van der Waals surface area contributed by atoms with Crippen molar-refractivity contribution in [3.63, 3.8) is 0 Å². The molecule has 1 fully saturated rings. The number of nitrogens with zero attached hydrogens (tertiary/aromatic N) is 2. The quantitative estimate of drug-likeness (QED) is 0.862. The normalized spacial score (nSPS) is 15.9. The van der Waals surface area contributed by atoms with E-state index in [2.05, 4.69) is 0 Å². The number of carbonyl (C=O) groups excluding carboxylic acids is 2. The summed E-state index contributed by atoms with van der Waals surface area (Å²) in [7, 11) is 1.72. The topological polar surface area (TPSA) is 77.9 Å². The van der Waals surface area contributed by atoms with Gasteiger partial charge in [0, 0.05) is 25.7 Å². The summed E-state index contributed by atoms with van der Waals surface area (Å²) >= 11 is 0. The second-order valence-electron chi connectivity index (χ2n) is 4.78. The lowest BCUT2D eigenvalue weighted by molar-refractivity contribution is -0.129. The first-order valence-corrected chi connectivity index (χ1v) is 6.35. The van der Waals surface area contributed by atoms with E-state index in [9.17, 15) is 14.4 Å². The largest absolute Gasteiger partial charge is 0.478 e. The van der Waals surface area contributed by atoms with Crippen LogP contribution in [0.5, 0.6) is 0 Å². The Kier molecular flexibility index (Phi) is 4.02. The van der Waals surface area contributed by atoms with Crippen LogP contribution in [0.2, 0.25) is 0 Å². The summed E-state index contributed by atoms with van der Waals surface area (Å²) in [4.78, 5) is 37.9. The van der Waals surface area contributed by atoms with Crippen LogP contribution in [0.3, 0.4) is 0 Å². The smallest absolute Gasteiger partial charge is 0.335 e. The molecule has 0 aliphatic carbocycles. The summed E-state index contributed by atoms with van der Waals surface area (Å²) in [6, 6.07) is 5.73. The maximum Gasteiger partial charge on any atom is 0.335 e. The molecule has 1 aromatic rings. The van der Waals surface area contributed by atoms with Crippen molar-refractivity contribution >= 4 is 17.8 Å². The number of benzene rings is 1. The van der Waals surface area contributed by atoms with Gasteiger partial charge in [0.2, 0.25) is 5.91 Å². The van der Waals surface area contributed by atoms with Gasteiger partial charge >= 0.3 is 5.97 Å². The second-order valence-corrected chi connectivity index (χ2v) is 4.78. The highest BCUT2D eigenvalue weighted by molar-refractivity contribution is 5.97. The number of likely N-dealkylation sites (N-methyl/N-ethyl adjacent to an activating group) is 1. The van der Waals surface area contributed by atoms with Crippen molar-refractivity contribution in [2.45, 2.75) is 6.42 Å². The zero-order valence-electron chi connectivity index (χ0n) is 11.2. The van der Waals surface area contributed by atoms with Gasteiger partial charge in [0.1, 0.15) is 6.54 Å². The molecule has 0 saturated carbocycles. The summed E-state index contributed by atoms with van der Waals surface area (Å²) in [5.74, 6) is -1.36. The van der Waals surface area contributed by atoms with Crippen molar-refractivity contribution in [1.29, 1.82) is 0 Å². The van der Waals surface area contributed by atoms with E-state index in [0.29, 0.717) is 18.7 Å². The minimum absolute atomic E-state index is 0.0655. The summed E-state index contributed by atoms with van der Waals surface area (Å²) in [5.41, 5.74) is 0.528. The Morgan fingerprint density at radius 1 is 1.10 bits per heavy atom. The number of rotatable bonds is 2. The molecule has 6 nitrogen and oxygen atoms in total. The fraction of sp³-hybridized carbons (Fsp3) is 0.357. The molecule has 1 aliphatic heterocycles. The van der Waals surface area contributed by atoms with Gasteiger partial charge in [-0.05, 0) is 30.7 Å². The Morgan fingerprint density at radius 3 is 2.30 bits per heavy atom. The van der Waals surface area contributed by atoms with Crippen molar-refractivity contribution in [3.8, 4) is 0 Å². The average molecular weight is 276 g/mol. The summed E-state index contributed by atoms with van der Waals surface area (Å²) in [6.07, 6.45) is 0.737. The molecule has 1 N–H and O–H groups in total. The Bertz CT molecular complexity index is 539. The van der Waals surface area contributed by atoms with E-state index in [1.54, 1.807) is 11.9 Å². The highest BCUT2D eigenvalue weighted by atomic mass is 16.4.